The summed E-state index contributed by atoms with van der Waals surface area (Å²) in [5.41, 5.74) is 2.43. The first-order chi connectivity index (χ1) is 24.4. The predicted molar refractivity (Wildman–Crippen MR) is 206 cm³/mol. The van der Waals surface area contributed by atoms with Gasteiger partial charge in [0.05, 0.1) is 36.8 Å². The number of hydrogen-bond donors (Lipinski definition) is 0. The van der Waals surface area contributed by atoms with Crippen molar-refractivity contribution in [1.82, 2.24) is 0 Å². The van der Waals surface area contributed by atoms with E-state index in [2.05, 4.69) is 30.7 Å². The second kappa shape index (κ2) is 28.2. The molecule has 1 unspecified atom stereocenters. The molecule has 0 aliphatic carbocycles. The Labute approximate surface area is 303 Å². The standard InChI is InChI=1S/C43H66N2O5/c1-5-7-9-11-16-20-24-37(23-19-10-8-6-2)35-50-43(47)38-25-27-39(28-26-38)44-45-40-29-31-41(32-30-40)48-33-21-17-14-12-13-15-18-22-34-49-42(46)36(3)4/h25-32,37H,3,5-24,33-35H2,1-2,4H3. The Kier molecular flexibility index (Phi) is 24.1. The van der Waals surface area contributed by atoms with Gasteiger partial charge in [-0.2, -0.15) is 10.2 Å². The molecule has 0 radical (unpaired) electrons. The predicted octanol–water partition coefficient (Wildman–Crippen LogP) is 13.2. The minimum Gasteiger partial charge on any atom is -0.494 e. The molecule has 0 fully saturated rings. The Hall–Kier alpha value is -3.48. The monoisotopic (exact) mass is 690 g/mol. The maximum atomic E-state index is 12.8. The molecule has 0 aromatic heterocycles. The van der Waals surface area contributed by atoms with Gasteiger partial charge in [0.15, 0.2) is 0 Å². The third kappa shape index (κ3) is 20.9. The first kappa shape index (κ1) is 42.7. The van der Waals surface area contributed by atoms with Crippen molar-refractivity contribution in [2.24, 2.45) is 16.1 Å². The molecule has 0 aliphatic heterocycles. The molecular formula is C43H66N2O5. The van der Waals surface area contributed by atoms with Crippen molar-refractivity contribution in [1.29, 1.82) is 0 Å². The highest BCUT2D eigenvalue weighted by Crippen LogP contribution is 2.23. The van der Waals surface area contributed by atoms with Crippen molar-refractivity contribution in [3.8, 4) is 5.75 Å². The second-order valence-corrected chi connectivity index (χ2v) is 13.7. The summed E-state index contributed by atoms with van der Waals surface area (Å²) in [7, 11) is 0. The van der Waals surface area contributed by atoms with Crippen LogP contribution >= 0.6 is 0 Å². The number of ether oxygens (including phenoxy) is 3. The number of carbonyl (C=O) groups is 2. The molecule has 1 atom stereocenters. The zero-order chi connectivity index (χ0) is 36.1. The van der Waals surface area contributed by atoms with E-state index in [0.717, 1.165) is 50.0 Å². The normalized spacial score (nSPS) is 11.8. The maximum absolute atomic E-state index is 12.8. The molecule has 0 spiro atoms. The lowest BCUT2D eigenvalue weighted by Gasteiger charge is -2.17. The largest absolute Gasteiger partial charge is 0.494 e. The van der Waals surface area contributed by atoms with E-state index in [4.69, 9.17) is 14.2 Å². The fourth-order valence-electron chi connectivity index (χ4n) is 5.79. The van der Waals surface area contributed by atoms with Crippen LogP contribution in [0.5, 0.6) is 5.75 Å². The van der Waals surface area contributed by atoms with Crippen molar-refractivity contribution in [2.75, 3.05) is 19.8 Å². The van der Waals surface area contributed by atoms with Gasteiger partial charge in [0.2, 0.25) is 0 Å². The van der Waals surface area contributed by atoms with Crippen molar-refractivity contribution >= 4 is 23.3 Å². The van der Waals surface area contributed by atoms with Crippen LogP contribution in [0.4, 0.5) is 11.4 Å². The molecule has 0 aliphatic rings. The Balaban J connectivity index is 1.63. The van der Waals surface area contributed by atoms with Gasteiger partial charge in [-0.1, -0.05) is 123 Å². The summed E-state index contributed by atoms with van der Waals surface area (Å²) in [6.07, 6.45) is 24.0. The zero-order valence-corrected chi connectivity index (χ0v) is 31.6. The third-order valence-corrected chi connectivity index (χ3v) is 8.99. The molecule has 2 aromatic carbocycles. The molecule has 0 saturated heterocycles. The Morgan fingerprint density at radius 3 is 1.60 bits per heavy atom. The van der Waals surface area contributed by atoms with Gasteiger partial charge < -0.3 is 14.2 Å². The molecule has 2 rings (SSSR count). The zero-order valence-electron chi connectivity index (χ0n) is 31.6. The van der Waals surface area contributed by atoms with Crippen LogP contribution in [0.1, 0.15) is 160 Å². The number of unbranched alkanes of at least 4 members (excludes halogenated alkanes) is 15. The molecule has 50 heavy (non-hydrogen) atoms. The minimum atomic E-state index is -0.294. The van der Waals surface area contributed by atoms with Crippen LogP contribution in [0.2, 0.25) is 0 Å². The Morgan fingerprint density at radius 1 is 0.600 bits per heavy atom. The van der Waals surface area contributed by atoms with Crippen LogP contribution in [-0.4, -0.2) is 31.8 Å². The number of rotatable bonds is 30. The van der Waals surface area contributed by atoms with E-state index in [1.54, 1.807) is 31.2 Å². The quantitative estimate of drug-likeness (QED) is 0.0352. The number of esters is 2. The molecule has 0 amide bonds. The topological polar surface area (TPSA) is 86.5 Å². The number of benzene rings is 2. The van der Waals surface area contributed by atoms with Gasteiger partial charge in [-0.15, -0.1) is 0 Å². The van der Waals surface area contributed by atoms with E-state index in [0.29, 0.717) is 42.6 Å². The van der Waals surface area contributed by atoms with Crippen molar-refractivity contribution < 1.29 is 23.8 Å². The molecule has 7 nitrogen and oxygen atoms in total. The average molecular weight is 691 g/mol. The van der Waals surface area contributed by atoms with Crippen LogP contribution < -0.4 is 4.74 Å². The molecule has 0 saturated carbocycles. The minimum absolute atomic E-state index is 0.266. The SMILES string of the molecule is C=C(C)C(=O)OCCCCCCCCCCOc1ccc(N=Nc2ccc(C(=O)OCC(CCCCCC)CCCCCCCC)cc2)cc1. The first-order valence-corrected chi connectivity index (χ1v) is 19.7. The summed E-state index contributed by atoms with van der Waals surface area (Å²) < 4.78 is 16.8. The summed E-state index contributed by atoms with van der Waals surface area (Å²) in [6, 6.07) is 14.8. The van der Waals surface area contributed by atoms with Crippen molar-refractivity contribution in [3.05, 3.63) is 66.2 Å². The van der Waals surface area contributed by atoms with E-state index in [1.807, 2.05) is 24.3 Å². The lowest BCUT2D eigenvalue weighted by Crippen LogP contribution is -2.15. The molecule has 0 N–H and O–H groups in total. The van der Waals surface area contributed by atoms with Crippen molar-refractivity contribution in [3.63, 3.8) is 0 Å². The molecule has 0 heterocycles. The van der Waals surface area contributed by atoms with Crippen LogP contribution in [0.3, 0.4) is 0 Å². The van der Waals surface area contributed by atoms with Crippen LogP contribution in [0.15, 0.2) is 70.9 Å². The van der Waals surface area contributed by atoms with Crippen LogP contribution in [0.25, 0.3) is 0 Å². The van der Waals surface area contributed by atoms with E-state index in [1.165, 1.54) is 89.9 Å². The number of carbonyl (C=O) groups excluding carboxylic acids is 2. The lowest BCUT2D eigenvalue weighted by molar-refractivity contribution is -0.139. The maximum Gasteiger partial charge on any atom is 0.338 e. The fraction of sp³-hybridized carbons (Fsp3) is 0.628. The van der Waals surface area contributed by atoms with Gasteiger partial charge >= 0.3 is 11.9 Å². The summed E-state index contributed by atoms with van der Waals surface area (Å²) in [4.78, 5) is 24.2. The van der Waals surface area contributed by atoms with Crippen LogP contribution in [-0.2, 0) is 14.3 Å². The molecule has 0 bridgehead atoms. The number of azo groups is 1. The average Bonchev–Trinajstić information content (AvgIpc) is 3.13. The van der Waals surface area contributed by atoms with Gasteiger partial charge in [0.1, 0.15) is 5.75 Å². The summed E-state index contributed by atoms with van der Waals surface area (Å²) >= 11 is 0. The number of hydrogen-bond acceptors (Lipinski definition) is 7. The summed E-state index contributed by atoms with van der Waals surface area (Å²) in [6.45, 7) is 11.4. The lowest BCUT2D eigenvalue weighted by atomic mass is 9.95. The molecule has 7 heteroatoms. The Morgan fingerprint density at radius 2 is 1.06 bits per heavy atom. The second-order valence-electron chi connectivity index (χ2n) is 13.7. The van der Waals surface area contributed by atoms with Crippen LogP contribution in [0, 0.1) is 5.92 Å². The van der Waals surface area contributed by atoms with Crippen molar-refractivity contribution in [2.45, 2.75) is 149 Å². The molecule has 2 aromatic rings. The van der Waals surface area contributed by atoms with E-state index >= 15 is 0 Å². The van der Waals surface area contributed by atoms with E-state index in [-0.39, 0.29) is 11.9 Å². The highest BCUT2D eigenvalue weighted by Gasteiger charge is 2.14. The van der Waals surface area contributed by atoms with Gasteiger partial charge in [-0.05, 0) is 87.1 Å². The highest BCUT2D eigenvalue weighted by atomic mass is 16.5. The van der Waals surface area contributed by atoms with Gasteiger partial charge in [-0.3, -0.25) is 0 Å². The smallest absolute Gasteiger partial charge is 0.338 e. The van der Waals surface area contributed by atoms with Gasteiger partial charge in [-0.25, -0.2) is 9.59 Å². The summed E-state index contributed by atoms with van der Waals surface area (Å²) in [5.74, 6) is 0.711. The molecular weight excluding hydrogens is 624 g/mol. The van der Waals surface area contributed by atoms with Gasteiger partial charge in [0, 0.05) is 5.57 Å². The van der Waals surface area contributed by atoms with E-state index < -0.39 is 0 Å². The van der Waals surface area contributed by atoms with Gasteiger partial charge in [0.25, 0.3) is 0 Å². The first-order valence-electron chi connectivity index (χ1n) is 19.7. The fourth-order valence-corrected chi connectivity index (χ4v) is 5.79. The number of nitrogens with zero attached hydrogens (tertiary/aromatic N) is 2. The molecule has 278 valence electrons. The highest BCUT2D eigenvalue weighted by molar-refractivity contribution is 5.89. The third-order valence-electron chi connectivity index (χ3n) is 8.99. The summed E-state index contributed by atoms with van der Waals surface area (Å²) in [5, 5.41) is 8.69. The Bertz CT molecular complexity index is 1210. The van der Waals surface area contributed by atoms with E-state index in [9.17, 15) is 9.59 Å².